The molecule has 3 nitrogen and oxygen atoms in total. The second-order valence-electron chi connectivity index (χ2n) is 3.78. The summed E-state index contributed by atoms with van der Waals surface area (Å²) in [6.07, 6.45) is 1.64. The third-order valence-electron chi connectivity index (χ3n) is 2.40. The Hall–Kier alpha value is -1.20. The van der Waals surface area contributed by atoms with E-state index in [0.29, 0.717) is 11.4 Å². The van der Waals surface area contributed by atoms with Gasteiger partial charge >= 0.3 is 0 Å². The molecule has 1 aromatic carbocycles. The summed E-state index contributed by atoms with van der Waals surface area (Å²) in [7, 11) is 0. The lowest BCUT2D eigenvalue weighted by atomic mass is 10.1. The molecule has 92 valence electrons. The van der Waals surface area contributed by atoms with Crippen molar-refractivity contribution in [2.24, 2.45) is 0 Å². The fraction of sp³-hybridized carbons (Fsp3) is 0.0769. The van der Waals surface area contributed by atoms with Crippen LogP contribution in [0.1, 0.15) is 15.9 Å². The Morgan fingerprint density at radius 1 is 1.17 bits per heavy atom. The first-order valence-corrected chi connectivity index (χ1v) is 6.84. The average molecular weight is 370 g/mol. The fourth-order valence-electron chi connectivity index (χ4n) is 1.52. The minimum Gasteiger partial charge on any atom is -0.307 e. The highest BCUT2D eigenvalue weighted by Crippen LogP contribution is 2.17. The van der Waals surface area contributed by atoms with Crippen molar-refractivity contribution in [2.75, 3.05) is 5.32 Å². The van der Waals surface area contributed by atoms with Gasteiger partial charge in [-0.2, -0.15) is 0 Å². The SMILES string of the molecule is Cc1cc(Br)ccc1C(=O)Nc1ccc(Br)cn1. The number of rotatable bonds is 2. The largest absolute Gasteiger partial charge is 0.307 e. The summed E-state index contributed by atoms with van der Waals surface area (Å²) >= 11 is 6.67. The second kappa shape index (κ2) is 5.63. The van der Waals surface area contributed by atoms with Gasteiger partial charge in [-0.1, -0.05) is 15.9 Å². The monoisotopic (exact) mass is 368 g/mol. The molecule has 5 heteroatoms. The van der Waals surface area contributed by atoms with Crippen molar-refractivity contribution in [3.8, 4) is 0 Å². The molecule has 1 heterocycles. The number of hydrogen-bond acceptors (Lipinski definition) is 2. The number of amides is 1. The van der Waals surface area contributed by atoms with Gasteiger partial charge in [0.05, 0.1) is 0 Å². The first-order valence-electron chi connectivity index (χ1n) is 5.25. The van der Waals surface area contributed by atoms with Crippen LogP contribution >= 0.6 is 31.9 Å². The lowest BCUT2D eigenvalue weighted by Crippen LogP contribution is -2.14. The molecule has 0 unspecified atom stereocenters. The Morgan fingerprint density at radius 2 is 1.89 bits per heavy atom. The Labute approximate surface area is 122 Å². The fourth-order valence-corrected chi connectivity index (χ4v) is 2.23. The van der Waals surface area contributed by atoms with Crippen molar-refractivity contribution in [3.05, 3.63) is 56.6 Å². The predicted molar refractivity (Wildman–Crippen MR) is 78.8 cm³/mol. The molecule has 1 aromatic heterocycles. The van der Waals surface area contributed by atoms with Crippen LogP contribution in [-0.4, -0.2) is 10.9 Å². The van der Waals surface area contributed by atoms with Gasteiger partial charge in [0.2, 0.25) is 0 Å². The van der Waals surface area contributed by atoms with E-state index < -0.39 is 0 Å². The lowest BCUT2D eigenvalue weighted by molar-refractivity contribution is 0.102. The van der Waals surface area contributed by atoms with Crippen LogP contribution in [0, 0.1) is 6.92 Å². The number of pyridine rings is 1. The van der Waals surface area contributed by atoms with Crippen LogP contribution in [0.2, 0.25) is 0 Å². The molecule has 0 aliphatic rings. The second-order valence-corrected chi connectivity index (χ2v) is 5.61. The van der Waals surface area contributed by atoms with Crippen molar-refractivity contribution < 1.29 is 4.79 Å². The Morgan fingerprint density at radius 3 is 2.50 bits per heavy atom. The quantitative estimate of drug-likeness (QED) is 0.863. The minimum absolute atomic E-state index is 0.158. The van der Waals surface area contributed by atoms with E-state index >= 15 is 0 Å². The van der Waals surface area contributed by atoms with Crippen molar-refractivity contribution in [3.63, 3.8) is 0 Å². The summed E-state index contributed by atoms with van der Waals surface area (Å²) < 4.78 is 1.83. The van der Waals surface area contributed by atoms with Crippen LogP contribution in [0.4, 0.5) is 5.82 Å². The van der Waals surface area contributed by atoms with E-state index in [1.807, 2.05) is 25.1 Å². The molecule has 0 spiro atoms. The summed E-state index contributed by atoms with van der Waals surface area (Å²) in [5, 5.41) is 2.76. The van der Waals surface area contributed by atoms with E-state index in [1.165, 1.54) is 0 Å². The van der Waals surface area contributed by atoms with E-state index in [2.05, 4.69) is 42.2 Å². The molecular weight excluding hydrogens is 360 g/mol. The van der Waals surface area contributed by atoms with Gasteiger partial charge in [-0.3, -0.25) is 4.79 Å². The standard InChI is InChI=1S/C13H10Br2N2O/c1-8-6-9(14)2-4-11(8)13(18)17-12-5-3-10(15)7-16-12/h2-7H,1H3,(H,16,17,18). The van der Waals surface area contributed by atoms with Gasteiger partial charge in [0, 0.05) is 20.7 Å². The van der Waals surface area contributed by atoms with Gasteiger partial charge in [0.25, 0.3) is 5.91 Å². The maximum Gasteiger partial charge on any atom is 0.257 e. The highest BCUT2D eigenvalue weighted by atomic mass is 79.9. The number of aromatic nitrogens is 1. The zero-order valence-corrected chi connectivity index (χ0v) is 12.7. The maximum absolute atomic E-state index is 12.1. The van der Waals surface area contributed by atoms with E-state index in [-0.39, 0.29) is 5.91 Å². The van der Waals surface area contributed by atoms with E-state index in [9.17, 15) is 4.79 Å². The minimum atomic E-state index is -0.158. The molecule has 0 atom stereocenters. The first-order chi connectivity index (χ1) is 8.56. The molecule has 0 aliphatic carbocycles. The third-order valence-corrected chi connectivity index (χ3v) is 3.36. The summed E-state index contributed by atoms with van der Waals surface area (Å²) in [6, 6.07) is 9.11. The highest BCUT2D eigenvalue weighted by Gasteiger charge is 2.09. The number of nitrogens with one attached hydrogen (secondary N) is 1. The molecule has 0 saturated carbocycles. The van der Waals surface area contributed by atoms with E-state index in [1.54, 1.807) is 18.3 Å². The zero-order chi connectivity index (χ0) is 13.1. The molecule has 0 saturated heterocycles. The predicted octanol–water partition coefficient (Wildman–Crippen LogP) is 4.17. The van der Waals surface area contributed by atoms with Crippen molar-refractivity contribution in [1.82, 2.24) is 4.98 Å². The van der Waals surface area contributed by atoms with Crippen LogP contribution in [0.25, 0.3) is 0 Å². The summed E-state index contributed by atoms with van der Waals surface area (Å²) in [4.78, 5) is 16.2. The molecule has 1 amide bonds. The molecule has 0 radical (unpaired) electrons. The summed E-state index contributed by atoms with van der Waals surface area (Å²) in [6.45, 7) is 1.90. The summed E-state index contributed by atoms with van der Waals surface area (Å²) in [5.41, 5.74) is 1.56. The van der Waals surface area contributed by atoms with Crippen molar-refractivity contribution in [1.29, 1.82) is 0 Å². The number of benzene rings is 1. The van der Waals surface area contributed by atoms with E-state index in [4.69, 9.17) is 0 Å². The molecule has 0 fully saturated rings. The van der Waals surface area contributed by atoms with Crippen molar-refractivity contribution in [2.45, 2.75) is 6.92 Å². The number of carbonyl (C=O) groups excluding carboxylic acids is 1. The molecule has 0 bridgehead atoms. The Bertz CT molecular complexity index is 582. The number of hydrogen-bond donors (Lipinski definition) is 1. The van der Waals surface area contributed by atoms with Crippen LogP contribution in [-0.2, 0) is 0 Å². The lowest BCUT2D eigenvalue weighted by Gasteiger charge is -2.07. The van der Waals surface area contributed by atoms with E-state index in [0.717, 1.165) is 14.5 Å². The molecular formula is C13H10Br2N2O. The first kappa shape index (κ1) is 13.2. The van der Waals surface area contributed by atoms with Gasteiger partial charge < -0.3 is 5.32 Å². The van der Waals surface area contributed by atoms with Gasteiger partial charge in [-0.25, -0.2) is 4.98 Å². The van der Waals surface area contributed by atoms with Crippen LogP contribution < -0.4 is 5.32 Å². The van der Waals surface area contributed by atoms with Gasteiger partial charge in [0.1, 0.15) is 5.82 Å². The molecule has 2 aromatic rings. The summed E-state index contributed by atoms with van der Waals surface area (Å²) in [5.74, 6) is 0.375. The molecule has 1 N–H and O–H groups in total. The number of aryl methyl sites for hydroxylation is 1. The Balaban J connectivity index is 2.19. The number of anilines is 1. The molecule has 0 aliphatic heterocycles. The van der Waals surface area contributed by atoms with Gasteiger partial charge in [-0.05, 0) is 58.7 Å². The van der Waals surface area contributed by atoms with Crippen LogP contribution in [0.15, 0.2) is 45.5 Å². The third kappa shape index (κ3) is 3.17. The number of carbonyl (C=O) groups is 1. The topological polar surface area (TPSA) is 42.0 Å². The van der Waals surface area contributed by atoms with Gasteiger partial charge in [-0.15, -0.1) is 0 Å². The number of halogens is 2. The molecule has 2 rings (SSSR count). The van der Waals surface area contributed by atoms with Crippen LogP contribution in [0.3, 0.4) is 0 Å². The van der Waals surface area contributed by atoms with Crippen molar-refractivity contribution >= 4 is 43.6 Å². The number of nitrogens with zero attached hydrogens (tertiary/aromatic N) is 1. The zero-order valence-electron chi connectivity index (χ0n) is 9.58. The smallest absolute Gasteiger partial charge is 0.257 e. The maximum atomic E-state index is 12.1. The Kier molecular flexibility index (Phi) is 4.14. The highest BCUT2D eigenvalue weighted by molar-refractivity contribution is 9.10. The molecule has 18 heavy (non-hydrogen) atoms. The van der Waals surface area contributed by atoms with Crippen LogP contribution in [0.5, 0.6) is 0 Å². The normalized spacial score (nSPS) is 10.2. The average Bonchev–Trinajstić information content (AvgIpc) is 2.32. The van der Waals surface area contributed by atoms with Gasteiger partial charge in [0.15, 0.2) is 0 Å².